The summed E-state index contributed by atoms with van der Waals surface area (Å²) in [5.74, 6) is 1.80. The molecule has 1 aromatic heterocycles. The molecule has 0 atom stereocenters. The van der Waals surface area contributed by atoms with Gasteiger partial charge in [0.15, 0.2) is 0 Å². The average Bonchev–Trinajstić information content (AvgIpc) is 2.59. The van der Waals surface area contributed by atoms with Crippen LogP contribution >= 0.6 is 0 Å². The SMILES string of the molecule is CO/C(=N\N=C\c1cc(OC)ccc1OC)c1ccncc1. The molecule has 0 radical (unpaired) electrons. The third-order valence-electron chi connectivity index (χ3n) is 2.90. The minimum Gasteiger partial charge on any atom is -0.497 e. The largest absolute Gasteiger partial charge is 0.497 e. The Morgan fingerprint density at radius 2 is 1.82 bits per heavy atom. The second-order valence-electron chi connectivity index (χ2n) is 4.20. The van der Waals surface area contributed by atoms with Crippen molar-refractivity contribution in [1.29, 1.82) is 0 Å². The lowest BCUT2D eigenvalue weighted by Gasteiger charge is -2.06. The van der Waals surface area contributed by atoms with Gasteiger partial charge in [-0.15, -0.1) is 5.10 Å². The Labute approximate surface area is 129 Å². The number of hydrogen-bond donors (Lipinski definition) is 0. The van der Waals surface area contributed by atoms with E-state index in [1.54, 1.807) is 52.1 Å². The van der Waals surface area contributed by atoms with Crippen molar-refractivity contribution in [3.8, 4) is 11.5 Å². The number of aromatic nitrogens is 1. The van der Waals surface area contributed by atoms with Crippen molar-refractivity contribution < 1.29 is 14.2 Å². The van der Waals surface area contributed by atoms with Crippen molar-refractivity contribution >= 4 is 12.1 Å². The average molecular weight is 299 g/mol. The zero-order chi connectivity index (χ0) is 15.8. The van der Waals surface area contributed by atoms with E-state index in [0.29, 0.717) is 17.4 Å². The molecule has 0 aliphatic rings. The summed E-state index contributed by atoms with van der Waals surface area (Å²) in [6, 6.07) is 9.03. The lowest BCUT2D eigenvalue weighted by atomic mass is 10.2. The molecule has 1 aromatic carbocycles. The summed E-state index contributed by atoms with van der Waals surface area (Å²) >= 11 is 0. The van der Waals surface area contributed by atoms with E-state index in [1.165, 1.54) is 0 Å². The van der Waals surface area contributed by atoms with Crippen molar-refractivity contribution in [2.24, 2.45) is 10.2 Å². The molecule has 1 heterocycles. The van der Waals surface area contributed by atoms with Gasteiger partial charge in [0, 0.05) is 23.5 Å². The zero-order valence-corrected chi connectivity index (χ0v) is 12.7. The predicted molar refractivity (Wildman–Crippen MR) is 84.9 cm³/mol. The third kappa shape index (κ3) is 3.82. The standard InChI is InChI=1S/C16H17N3O3/c1-20-14-4-5-15(21-2)13(10-14)11-18-19-16(22-3)12-6-8-17-9-7-12/h4-11H,1-3H3/b18-11+,19-16-. The van der Waals surface area contributed by atoms with Gasteiger partial charge in [-0.25, -0.2) is 0 Å². The summed E-state index contributed by atoms with van der Waals surface area (Å²) in [6.45, 7) is 0. The van der Waals surface area contributed by atoms with Gasteiger partial charge in [0.05, 0.1) is 27.5 Å². The van der Waals surface area contributed by atoms with Crippen molar-refractivity contribution in [3.05, 3.63) is 53.9 Å². The maximum absolute atomic E-state index is 5.28. The van der Waals surface area contributed by atoms with Gasteiger partial charge in [0.2, 0.25) is 5.90 Å². The Morgan fingerprint density at radius 1 is 1.05 bits per heavy atom. The van der Waals surface area contributed by atoms with E-state index < -0.39 is 0 Å². The van der Waals surface area contributed by atoms with Crippen LogP contribution in [-0.4, -0.2) is 38.4 Å². The van der Waals surface area contributed by atoms with Gasteiger partial charge in [-0.2, -0.15) is 5.10 Å². The maximum atomic E-state index is 5.28. The molecular formula is C16H17N3O3. The molecule has 0 amide bonds. The van der Waals surface area contributed by atoms with Crippen LogP contribution in [0.1, 0.15) is 11.1 Å². The molecule has 0 spiro atoms. The second-order valence-corrected chi connectivity index (χ2v) is 4.20. The van der Waals surface area contributed by atoms with Gasteiger partial charge in [0.25, 0.3) is 0 Å². The molecule has 22 heavy (non-hydrogen) atoms. The summed E-state index contributed by atoms with van der Waals surface area (Å²) in [5, 5.41) is 8.13. The van der Waals surface area contributed by atoms with Gasteiger partial charge < -0.3 is 14.2 Å². The quantitative estimate of drug-likeness (QED) is 0.483. The Balaban J connectivity index is 2.25. The maximum Gasteiger partial charge on any atom is 0.240 e. The summed E-state index contributed by atoms with van der Waals surface area (Å²) in [6.07, 6.45) is 4.92. The smallest absolute Gasteiger partial charge is 0.240 e. The highest BCUT2D eigenvalue weighted by Crippen LogP contribution is 2.22. The molecule has 0 bridgehead atoms. The van der Waals surface area contributed by atoms with Crippen LogP contribution in [0.2, 0.25) is 0 Å². The Bertz CT molecular complexity index is 670. The first-order chi connectivity index (χ1) is 10.8. The highest BCUT2D eigenvalue weighted by atomic mass is 16.5. The van der Waals surface area contributed by atoms with Crippen molar-refractivity contribution in [3.63, 3.8) is 0 Å². The van der Waals surface area contributed by atoms with Crippen molar-refractivity contribution in [2.75, 3.05) is 21.3 Å². The van der Waals surface area contributed by atoms with E-state index in [0.717, 1.165) is 11.1 Å². The molecule has 0 saturated carbocycles. The highest BCUT2D eigenvalue weighted by Gasteiger charge is 2.04. The molecule has 114 valence electrons. The summed E-state index contributed by atoms with van der Waals surface area (Å²) in [7, 11) is 4.74. The Hall–Kier alpha value is -2.89. The highest BCUT2D eigenvalue weighted by molar-refractivity contribution is 5.94. The Kier molecular flexibility index (Phi) is 5.48. The first-order valence-corrected chi connectivity index (χ1v) is 6.56. The second kappa shape index (κ2) is 7.78. The molecule has 0 unspecified atom stereocenters. The minimum absolute atomic E-state index is 0.403. The third-order valence-corrected chi connectivity index (χ3v) is 2.90. The molecular weight excluding hydrogens is 282 g/mol. The molecule has 0 fully saturated rings. The summed E-state index contributed by atoms with van der Waals surface area (Å²) in [5.41, 5.74) is 1.56. The topological polar surface area (TPSA) is 65.3 Å². The fourth-order valence-corrected chi connectivity index (χ4v) is 1.79. The number of ether oxygens (including phenoxy) is 3. The molecule has 6 nitrogen and oxygen atoms in total. The first-order valence-electron chi connectivity index (χ1n) is 6.56. The first kappa shape index (κ1) is 15.5. The molecule has 0 aliphatic heterocycles. The van der Waals surface area contributed by atoms with Gasteiger partial charge in [-0.05, 0) is 30.3 Å². The van der Waals surface area contributed by atoms with Gasteiger partial charge in [-0.3, -0.25) is 4.98 Å². The number of hydrogen-bond acceptors (Lipinski definition) is 6. The van der Waals surface area contributed by atoms with Crippen LogP contribution in [0.5, 0.6) is 11.5 Å². The number of methoxy groups -OCH3 is 3. The normalized spacial score (nSPS) is 11.5. The number of nitrogens with zero attached hydrogens (tertiary/aromatic N) is 3. The fourth-order valence-electron chi connectivity index (χ4n) is 1.79. The van der Waals surface area contributed by atoms with Crippen LogP contribution in [0.15, 0.2) is 52.9 Å². The lowest BCUT2D eigenvalue weighted by Crippen LogP contribution is -2.02. The summed E-state index contributed by atoms with van der Waals surface area (Å²) < 4.78 is 15.7. The van der Waals surface area contributed by atoms with Gasteiger partial charge in [-0.1, -0.05) is 0 Å². The van der Waals surface area contributed by atoms with E-state index in [1.807, 2.05) is 18.2 Å². The van der Waals surface area contributed by atoms with E-state index in [-0.39, 0.29) is 0 Å². The Morgan fingerprint density at radius 3 is 2.45 bits per heavy atom. The molecule has 2 aromatic rings. The van der Waals surface area contributed by atoms with E-state index in [2.05, 4.69) is 15.2 Å². The monoisotopic (exact) mass is 299 g/mol. The van der Waals surface area contributed by atoms with Crippen LogP contribution < -0.4 is 9.47 Å². The van der Waals surface area contributed by atoms with Gasteiger partial charge in [0.1, 0.15) is 11.5 Å². The number of pyridine rings is 1. The summed E-state index contributed by atoms with van der Waals surface area (Å²) in [4.78, 5) is 3.95. The van der Waals surface area contributed by atoms with Crippen LogP contribution in [0.25, 0.3) is 0 Å². The van der Waals surface area contributed by atoms with E-state index in [4.69, 9.17) is 14.2 Å². The minimum atomic E-state index is 0.403. The van der Waals surface area contributed by atoms with Crippen LogP contribution in [0.4, 0.5) is 0 Å². The van der Waals surface area contributed by atoms with Gasteiger partial charge >= 0.3 is 0 Å². The zero-order valence-electron chi connectivity index (χ0n) is 12.7. The van der Waals surface area contributed by atoms with Crippen LogP contribution in [-0.2, 0) is 4.74 Å². The molecule has 6 heteroatoms. The van der Waals surface area contributed by atoms with E-state index in [9.17, 15) is 0 Å². The molecule has 0 saturated heterocycles. The fraction of sp³-hybridized carbons (Fsp3) is 0.188. The lowest BCUT2D eigenvalue weighted by molar-refractivity contribution is 0.402. The molecule has 0 aliphatic carbocycles. The van der Waals surface area contributed by atoms with Crippen LogP contribution in [0.3, 0.4) is 0 Å². The van der Waals surface area contributed by atoms with Crippen molar-refractivity contribution in [1.82, 2.24) is 4.98 Å². The molecule has 2 rings (SSSR count). The van der Waals surface area contributed by atoms with E-state index >= 15 is 0 Å². The number of benzene rings is 1. The van der Waals surface area contributed by atoms with Crippen molar-refractivity contribution in [2.45, 2.75) is 0 Å². The predicted octanol–water partition coefficient (Wildman–Crippen LogP) is 2.53. The molecule has 0 N–H and O–H groups in total. The number of rotatable bonds is 5. The van der Waals surface area contributed by atoms with Crippen LogP contribution in [0, 0.1) is 0 Å².